The summed E-state index contributed by atoms with van der Waals surface area (Å²) in [7, 11) is 1.45. The molecule has 4 atom stereocenters. The van der Waals surface area contributed by atoms with Crippen LogP contribution in [-0.2, 0) is 18.9 Å². The van der Waals surface area contributed by atoms with Crippen LogP contribution in [0.3, 0.4) is 0 Å². The summed E-state index contributed by atoms with van der Waals surface area (Å²) in [6.07, 6.45) is 0.967. The van der Waals surface area contributed by atoms with Crippen LogP contribution in [0.15, 0.2) is 0 Å². The summed E-state index contributed by atoms with van der Waals surface area (Å²) in [5.41, 5.74) is 0. The zero-order valence-electron chi connectivity index (χ0n) is 12.3. The molecule has 0 aromatic heterocycles. The summed E-state index contributed by atoms with van der Waals surface area (Å²) in [4.78, 5) is 0. The van der Waals surface area contributed by atoms with Gasteiger partial charge < -0.3 is 18.9 Å². The number of unbranched alkanes of at least 4 members (excludes halogenated alkanes) is 2. The highest BCUT2D eigenvalue weighted by molar-refractivity contribution is 4.88. The van der Waals surface area contributed by atoms with Crippen molar-refractivity contribution in [1.29, 1.82) is 0 Å². The highest BCUT2D eigenvalue weighted by atomic mass is 19.1. The second kappa shape index (κ2) is 9.64. The van der Waals surface area contributed by atoms with E-state index in [1.165, 1.54) is 7.11 Å². The number of methoxy groups -OCH3 is 1. The normalized spacial score (nSPS) is 30.9. The lowest BCUT2D eigenvalue weighted by molar-refractivity contribution is -0.146. The van der Waals surface area contributed by atoms with Gasteiger partial charge in [0.05, 0.1) is 6.61 Å². The molecule has 1 rings (SSSR count). The predicted molar refractivity (Wildman–Crippen MR) is 70.9 cm³/mol. The first kappa shape index (κ1) is 16.8. The summed E-state index contributed by atoms with van der Waals surface area (Å²) < 4.78 is 35.7. The molecule has 1 heterocycles. The molecule has 0 aromatic carbocycles. The first-order valence-corrected chi connectivity index (χ1v) is 7.26. The van der Waals surface area contributed by atoms with Gasteiger partial charge in [-0.15, -0.1) is 0 Å². The quantitative estimate of drug-likeness (QED) is 0.576. The van der Waals surface area contributed by atoms with Gasteiger partial charge in [-0.2, -0.15) is 0 Å². The van der Waals surface area contributed by atoms with Gasteiger partial charge in [-0.05, 0) is 12.8 Å². The maximum absolute atomic E-state index is 14.1. The van der Waals surface area contributed by atoms with E-state index >= 15 is 0 Å². The fraction of sp³-hybridized carbons (Fsp3) is 1.00. The van der Waals surface area contributed by atoms with Crippen LogP contribution in [0.2, 0.25) is 0 Å². The lowest BCUT2D eigenvalue weighted by Gasteiger charge is -2.19. The Balaban J connectivity index is 2.40. The molecule has 0 amide bonds. The van der Waals surface area contributed by atoms with Crippen LogP contribution >= 0.6 is 0 Å². The molecule has 2 unspecified atom stereocenters. The van der Waals surface area contributed by atoms with Crippen LogP contribution < -0.4 is 0 Å². The Morgan fingerprint density at radius 2 is 1.79 bits per heavy atom. The van der Waals surface area contributed by atoms with E-state index in [0.29, 0.717) is 19.8 Å². The summed E-state index contributed by atoms with van der Waals surface area (Å²) in [5, 5.41) is 0. The van der Waals surface area contributed by atoms with E-state index in [1.807, 2.05) is 0 Å². The number of ether oxygens (including phenoxy) is 4. The molecule has 1 aliphatic rings. The van der Waals surface area contributed by atoms with Gasteiger partial charge in [0.1, 0.15) is 12.2 Å². The Morgan fingerprint density at radius 1 is 1.11 bits per heavy atom. The van der Waals surface area contributed by atoms with Gasteiger partial charge in [-0.25, -0.2) is 4.39 Å². The fourth-order valence-corrected chi connectivity index (χ4v) is 2.01. The number of rotatable bonds is 10. The summed E-state index contributed by atoms with van der Waals surface area (Å²) in [6, 6.07) is 0. The van der Waals surface area contributed by atoms with Crippen molar-refractivity contribution in [1.82, 2.24) is 0 Å². The van der Waals surface area contributed by atoms with E-state index in [0.717, 1.165) is 25.7 Å². The highest BCUT2D eigenvalue weighted by Crippen LogP contribution is 2.27. The third-order valence-corrected chi connectivity index (χ3v) is 3.21. The van der Waals surface area contributed by atoms with Crippen LogP contribution in [-0.4, -0.2) is 51.6 Å². The van der Waals surface area contributed by atoms with Crippen LogP contribution in [0, 0.1) is 0 Å². The van der Waals surface area contributed by atoms with Crippen molar-refractivity contribution in [2.45, 2.75) is 64.2 Å². The van der Waals surface area contributed by atoms with E-state index in [1.54, 1.807) is 0 Å². The van der Waals surface area contributed by atoms with Crippen molar-refractivity contribution in [2.75, 3.05) is 26.9 Å². The molecule has 0 bridgehead atoms. The molecule has 1 fully saturated rings. The topological polar surface area (TPSA) is 36.9 Å². The lowest BCUT2D eigenvalue weighted by Crippen LogP contribution is -2.35. The zero-order chi connectivity index (χ0) is 14.1. The van der Waals surface area contributed by atoms with E-state index in [4.69, 9.17) is 18.9 Å². The first-order valence-electron chi connectivity index (χ1n) is 7.26. The molecular weight excluding hydrogens is 251 g/mol. The molecule has 114 valence electrons. The first-order chi connectivity index (χ1) is 9.24. The van der Waals surface area contributed by atoms with Gasteiger partial charge in [0.2, 0.25) is 0 Å². The second-order valence-electron chi connectivity index (χ2n) is 4.84. The van der Waals surface area contributed by atoms with Crippen molar-refractivity contribution in [3.05, 3.63) is 0 Å². The van der Waals surface area contributed by atoms with Crippen molar-refractivity contribution < 1.29 is 23.3 Å². The zero-order valence-corrected chi connectivity index (χ0v) is 12.3. The fourth-order valence-electron chi connectivity index (χ4n) is 2.01. The molecule has 0 radical (unpaired) electrons. The average molecular weight is 278 g/mol. The van der Waals surface area contributed by atoms with Gasteiger partial charge in [0.15, 0.2) is 12.5 Å². The molecule has 4 nitrogen and oxygen atoms in total. The van der Waals surface area contributed by atoms with Gasteiger partial charge in [0.25, 0.3) is 0 Å². The minimum atomic E-state index is -1.25. The van der Waals surface area contributed by atoms with Gasteiger partial charge in [-0.3, -0.25) is 0 Å². The Kier molecular flexibility index (Phi) is 8.53. The summed E-state index contributed by atoms with van der Waals surface area (Å²) in [6.45, 7) is 5.76. The van der Waals surface area contributed by atoms with Crippen LogP contribution in [0.1, 0.15) is 39.5 Å². The van der Waals surface area contributed by atoms with Crippen molar-refractivity contribution in [3.8, 4) is 0 Å². The molecule has 0 saturated carbocycles. The van der Waals surface area contributed by atoms with E-state index in [9.17, 15) is 4.39 Å². The Morgan fingerprint density at radius 3 is 2.42 bits per heavy atom. The Hall–Kier alpha value is -0.230. The lowest BCUT2D eigenvalue weighted by atomic mass is 10.1. The van der Waals surface area contributed by atoms with Crippen molar-refractivity contribution >= 4 is 0 Å². The van der Waals surface area contributed by atoms with Crippen LogP contribution in [0.25, 0.3) is 0 Å². The number of hydrogen-bond donors (Lipinski definition) is 0. The van der Waals surface area contributed by atoms with Crippen LogP contribution in [0.5, 0.6) is 0 Å². The molecular formula is C14H27FO4. The SMILES string of the molecule is CCCCOC[C@H]1O[C@@H](OC)C(F)C1OCCCC. The molecule has 19 heavy (non-hydrogen) atoms. The Labute approximate surface area is 115 Å². The van der Waals surface area contributed by atoms with E-state index in [2.05, 4.69) is 13.8 Å². The standard InChI is InChI=1S/C14H27FO4/c1-4-6-8-17-10-11-13(18-9-7-5-2)12(15)14(16-3)19-11/h11-14H,4-10H2,1-3H3/t11-,12?,13?,14-/m1/s1. The molecule has 5 heteroatoms. The van der Waals surface area contributed by atoms with Crippen LogP contribution in [0.4, 0.5) is 4.39 Å². The van der Waals surface area contributed by atoms with E-state index < -0.39 is 18.6 Å². The summed E-state index contributed by atoms with van der Waals surface area (Å²) in [5.74, 6) is 0. The van der Waals surface area contributed by atoms with Gasteiger partial charge >= 0.3 is 0 Å². The van der Waals surface area contributed by atoms with E-state index in [-0.39, 0.29) is 6.10 Å². The number of alkyl halides is 1. The molecule has 1 saturated heterocycles. The molecule has 0 aliphatic carbocycles. The summed E-state index contributed by atoms with van der Waals surface area (Å²) >= 11 is 0. The van der Waals surface area contributed by atoms with Crippen molar-refractivity contribution in [3.63, 3.8) is 0 Å². The minimum Gasteiger partial charge on any atom is -0.379 e. The van der Waals surface area contributed by atoms with Gasteiger partial charge in [0, 0.05) is 20.3 Å². The average Bonchev–Trinajstić information content (AvgIpc) is 2.72. The molecule has 1 aliphatic heterocycles. The van der Waals surface area contributed by atoms with Crippen molar-refractivity contribution in [2.24, 2.45) is 0 Å². The maximum Gasteiger partial charge on any atom is 0.191 e. The highest BCUT2D eigenvalue weighted by Gasteiger charge is 2.46. The minimum absolute atomic E-state index is 0.358. The second-order valence-corrected chi connectivity index (χ2v) is 4.84. The third kappa shape index (κ3) is 5.34. The smallest absolute Gasteiger partial charge is 0.191 e. The molecule has 0 spiro atoms. The van der Waals surface area contributed by atoms with Gasteiger partial charge in [-0.1, -0.05) is 26.7 Å². The third-order valence-electron chi connectivity index (χ3n) is 3.21. The predicted octanol–water partition coefficient (Wildman–Crippen LogP) is 2.70. The maximum atomic E-state index is 14.1. The largest absolute Gasteiger partial charge is 0.379 e. The number of hydrogen-bond acceptors (Lipinski definition) is 4. The molecule has 0 N–H and O–H groups in total. The Bertz CT molecular complexity index is 227. The monoisotopic (exact) mass is 278 g/mol. The molecule has 0 aromatic rings. The number of halogens is 1.